The molecule has 0 unspecified atom stereocenters. The molecule has 0 amide bonds. The molecule has 0 radical (unpaired) electrons. The fourth-order valence-corrected chi connectivity index (χ4v) is 2.39. The molecule has 4 nitrogen and oxygen atoms in total. The third-order valence-electron chi connectivity index (χ3n) is 3.39. The summed E-state index contributed by atoms with van der Waals surface area (Å²) in [5.41, 5.74) is -0.961. The number of rotatable bonds is 0. The molecule has 1 heterocycles. The predicted octanol–water partition coefficient (Wildman–Crippen LogP) is 1.67. The molecule has 0 saturated carbocycles. The molecule has 1 aliphatic carbocycles. The maximum absolute atomic E-state index is 12.4. The second-order valence-corrected chi connectivity index (χ2v) is 4.42. The van der Waals surface area contributed by atoms with E-state index in [1.165, 1.54) is 12.2 Å². The Labute approximate surface area is 103 Å². The highest BCUT2D eigenvalue weighted by atomic mass is 16.5. The van der Waals surface area contributed by atoms with Crippen LogP contribution in [0.2, 0.25) is 0 Å². The second-order valence-electron chi connectivity index (χ2n) is 4.42. The van der Waals surface area contributed by atoms with Crippen LogP contribution in [0.3, 0.4) is 0 Å². The van der Waals surface area contributed by atoms with Crippen LogP contribution in [-0.4, -0.2) is 17.7 Å². The van der Waals surface area contributed by atoms with E-state index in [4.69, 9.17) is 4.74 Å². The van der Waals surface area contributed by atoms with Crippen LogP contribution in [0.1, 0.15) is 16.8 Å². The Balaban J connectivity index is 2.21. The Morgan fingerprint density at radius 3 is 2.89 bits per heavy atom. The molecule has 1 aliphatic heterocycles. The van der Waals surface area contributed by atoms with Crippen molar-refractivity contribution in [2.75, 3.05) is 0 Å². The number of ether oxygens (including phenoxy) is 1. The van der Waals surface area contributed by atoms with Crippen molar-refractivity contribution in [3.05, 3.63) is 42.0 Å². The van der Waals surface area contributed by atoms with Crippen LogP contribution in [0.25, 0.3) is 0 Å². The van der Waals surface area contributed by atoms with Crippen LogP contribution in [-0.2, 0) is 4.79 Å². The van der Waals surface area contributed by atoms with Gasteiger partial charge in [-0.3, -0.25) is 9.59 Å². The predicted molar refractivity (Wildman–Crippen MR) is 62.0 cm³/mol. The minimum Gasteiger partial charge on any atom is -0.487 e. The average Bonchev–Trinajstić information content (AvgIpc) is 2.39. The van der Waals surface area contributed by atoms with Gasteiger partial charge in [0.1, 0.15) is 11.9 Å². The highest BCUT2D eigenvalue weighted by Crippen LogP contribution is 2.42. The Bertz CT molecular complexity index is 626. The van der Waals surface area contributed by atoms with Crippen molar-refractivity contribution < 1.29 is 14.3 Å². The summed E-state index contributed by atoms with van der Waals surface area (Å²) in [6.07, 6.45) is 2.02. The summed E-state index contributed by atoms with van der Waals surface area (Å²) >= 11 is 0. The molecular formula is C14H9NO3. The number of nitriles is 1. The first-order valence-corrected chi connectivity index (χ1v) is 5.61. The summed E-state index contributed by atoms with van der Waals surface area (Å²) in [5, 5.41) is 9.35. The topological polar surface area (TPSA) is 67.2 Å². The lowest BCUT2D eigenvalue weighted by Crippen LogP contribution is -2.49. The summed E-state index contributed by atoms with van der Waals surface area (Å²) in [7, 11) is 0. The van der Waals surface area contributed by atoms with Crippen molar-refractivity contribution in [1.82, 2.24) is 0 Å². The number of para-hydroxylation sites is 1. The molecule has 0 fully saturated rings. The number of ketones is 2. The van der Waals surface area contributed by atoms with Gasteiger partial charge in [0.15, 0.2) is 17.0 Å². The summed E-state index contributed by atoms with van der Waals surface area (Å²) < 4.78 is 5.66. The summed E-state index contributed by atoms with van der Waals surface area (Å²) in [4.78, 5) is 23.9. The molecule has 0 saturated heterocycles. The Morgan fingerprint density at radius 1 is 1.33 bits per heavy atom. The van der Waals surface area contributed by atoms with Gasteiger partial charge in [-0.05, 0) is 24.3 Å². The third-order valence-corrected chi connectivity index (χ3v) is 3.39. The zero-order valence-corrected chi connectivity index (χ0v) is 9.42. The first-order chi connectivity index (χ1) is 8.67. The second kappa shape index (κ2) is 3.54. The molecule has 1 aromatic carbocycles. The van der Waals surface area contributed by atoms with E-state index >= 15 is 0 Å². The molecule has 88 valence electrons. The van der Waals surface area contributed by atoms with Crippen LogP contribution in [0.4, 0.5) is 0 Å². The Kier molecular flexibility index (Phi) is 2.11. The Hall–Kier alpha value is -2.41. The quantitative estimate of drug-likeness (QED) is 0.690. The number of nitrogens with zero attached hydrogens (tertiary/aromatic N) is 1. The van der Waals surface area contributed by atoms with Crippen molar-refractivity contribution >= 4 is 11.6 Å². The van der Waals surface area contributed by atoms with Gasteiger partial charge in [0, 0.05) is 6.42 Å². The summed E-state index contributed by atoms with van der Waals surface area (Å²) in [6, 6.07) is 8.81. The van der Waals surface area contributed by atoms with Gasteiger partial charge in [0.05, 0.1) is 11.6 Å². The standard InChI is InChI=1S/C14H9NO3/c15-8-14-6-5-9(16)7-12(14)18-11-4-2-1-3-10(11)13(14)17/h1-6,12H,7H2/t12-,14-/m1/s1. The number of Topliss-reactive ketones (excluding diaryl/α,β-unsaturated/α-hetero) is 1. The lowest BCUT2D eigenvalue weighted by atomic mass is 9.70. The van der Waals surface area contributed by atoms with Gasteiger partial charge < -0.3 is 4.74 Å². The van der Waals surface area contributed by atoms with Gasteiger partial charge in [-0.1, -0.05) is 12.1 Å². The van der Waals surface area contributed by atoms with E-state index in [0.717, 1.165) is 0 Å². The fraction of sp³-hybridized carbons (Fsp3) is 0.214. The smallest absolute Gasteiger partial charge is 0.194 e. The summed E-state index contributed by atoms with van der Waals surface area (Å²) in [5.74, 6) is 0.0279. The van der Waals surface area contributed by atoms with E-state index < -0.39 is 11.5 Å². The first-order valence-electron chi connectivity index (χ1n) is 5.61. The van der Waals surface area contributed by atoms with Crippen LogP contribution in [0.5, 0.6) is 5.75 Å². The SMILES string of the molecule is N#C[C@]12C=CC(=O)C[C@H]1Oc1ccccc1C2=O. The fourth-order valence-electron chi connectivity index (χ4n) is 2.39. The largest absolute Gasteiger partial charge is 0.487 e. The first kappa shape index (κ1) is 10.7. The van der Waals surface area contributed by atoms with Crippen LogP contribution in [0.15, 0.2) is 36.4 Å². The minimum atomic E-state index is -1.36. The van der Waals surface area contributed by atoms with Crippen molar-refractivity contribution in [2.24, 2.45) is 5.41 Å². The molecule has 2 atom stereocenters. The van der Waals surface area contributed by atoms with Gasteiger partial charge >= 0.3 is 0 Å². The summed E-state index contributed by atoms with van der Waals surface area (Å²) in [6.45, 7) is 0. The molecule has 3 rings (SSSR count). The molecule has 0 N–H and O–H groups in total. The highest BCUT2D eigenvalue weighted by molar-refractivity contribution is 6.09. The molecule has 2 aliphatic rings. The molecular weight excluding hydrogens is 230 g/mol. The van der Waals surface area contributed by atoms with Crippen LogP contribution in [0, 0.1) is 16.7 Å². The number of hydrogen-bond donors (Lipinski definition) is 0. The monoisotopic (exact) mass is 239 g/mol. The number of hydrogen-bond acceptors (Lipinski definition) is 4. The van der Waals surface area contributed by atoms with Crippen molar-refractivity contribution in [1.29, 1.82) is 5.26 Å². The number of allylic oxidation sites excluding steroid dienone is 1. The van der Waals surface area contributed by atoms with Gasteiger partial charge in [0.2, 0.25) is 0 Å². The number of carbonyl (C=O) groups excluding carboxylic acids is 2. The van der Waals surface area contributed by atoms with Crippen LogP contribution < -0.4 is 4.74 Å². The number of benzene rings is 1. The van der Waals surface area contributed by atoms with E-state index in [1.807, 2.05) is 6.07 Å². The van der Waals surface area contributed by atoms with E-state index in [2.05, 4.69) is 0 Å². The highest BCUT2D eigenvalue weighted by Gasteiger charge is 2.52. The molecule has 18 heavy (non-hydrogen) atoms. The van der Waals surface area contributed by atoms with Gasteiger partial charge in [0.25, 0.3) is 0 Å². The minimum absolute atomic E-state index is 0.0597. The van der Waals surface area contributed by atoms with Gasteiger partial charge in [-0.15, -0.1) is 0 Å². The van der Waals surface area contributed by atoms with Crippen LogP contribution >= 0.6 is 0 Å². The Morgan fingerprint density at radius 2 is 2.11 bits per heavy atom. The van der Waals surface area contributed by atoms with Crippen molar-refractivity contribution in [3.8, 4) is 11.8 Å². The zero-order valence-electron chi connectivity index (χ0n) is 9.42. The molecule has 0 aromatic heterocycles. The van der Waals surface area contributed by atoms with E-state index in [1.54, 1.807) is 24.3 Å². The van der Waals surface area contributed by atoms with E-state index in [9.17, 15) is 14.9 Å². The maximum Gasteiger partial charge on any atom is 0.194 e. The number of fused-ring (bicyclic) bond motifs is 2. The molecule has 0 spiro atoms. The van der Waals surface area contributed by atoms with Gasteiger partial charge in [-0.25, -0.2) is 0 Å². The lowest BCUT2D eigenvalue weighted by molar-refractivity contribution is -0.117. The maximum atomic E-state index is 12.4. The normalized spacial score (nSPS) is 28.9. The van der Waals surface area contributed by atoms with E-state index in [-0.39, 0.29) is 18.0 Å². The number of carbonyl (C=O) groups is 2. The third kappa shape index (κ3) is 1.25. The van der Waals surface area contributed by atoms with Gasteiger partial charge in [-0.2, -0.15) is 5.26 Å². The molecule has 1 aromatic rings. The zero-order chi connectivity index (χ0) is 12.8. The lowest BCUT2D eigenvalue weighted by Gasteiger charge is -2.37. The van der Waals surface area contributed by atoms with E-state index in [0.29, 0.717) is 11.3 Å². The van der Waals surface area contributed by atoms with Crippen molar-refractivity contribution in [3.63, 3.8) is 0 Å². The average molecular weight is 239 g/mol. The molecule has 4 heteroatoms. The molecule has 0 bridgehead atoms. The van der Waals surface area contributed by atoms with Crippen molar-refractivity contribution in [2.45, 2.75) is 12.5 Å².